The molecule has 1 aliphatic rings. The quantitative estimate of drug-likeness (QED) is 0.611. The maximum Gasteiger partial charge on any atom is 0.408 e. The Balaban J connectivity index is 0.000001000. The fraction of sp³-hybridized carbons (Fsp3) is 0.800. The predicted molar refractivity (Wildman–Crippen MR) is 34.5 cm³/mol. The Labute approximate surface area is 67.6 Å². The topological polar surface area (TPSA) is 29.1 Å². The van der Waals surface area contributed by atoms with Crippen LogP contribution in [0.15, 0.2) is 0 Å². The normalized spacial score (nSPS) is 24.3. The van der Waals surface area contributed by atoms with Crippen molar-refractivity contribution in [3.8, 4) is 0 Å². The lowest BCUT2D eigenvalue weighted by Gasteiger charge is -2.12. The molecule has 6 heteroatoms. The van der Waals surface area contributed by atoms with Crippen LogP contribution in [-0.4, -0.2) is 18.1 Å². The summed E-state index contributed by atoms with van der Waals surface area (Å²) in [4.78, 5) is 10.3. The molecule has 1 atom stereocenters. The zero-order chi connectivity index (χ0) is 7.78. The molecule has 1 aliphatic heterocycles. The molecule has 0 saturated carbocycles. The molecule has 11 heavy (non-hydrogen) atoms. The molecule has 0 aromatic carbocycles. The monoisotopic (exact) mass is 189 g/mol. The van der Waals surface area contributed by atoms with Gasteiger partial charge in [0.05, 0.1) is 0 Å². The Bertz CT molecular complexity index is 158. The van der Waals surface area contributed by atoms with Gasteiger partial charge in [-0.25, -0.2) is 0 Å². The van der Waals surface area contributed by atoms with Crippen LogP contribution in [0, 0.1) is 0 Å². The van der Waals surface area contributed by atoms with Crippen LogP contribution in [0.4, 0.5) is 13.2 Å². The van der Waals surface area contributed by atoms with Crippen molar-refractivity contribution >= 4 is 18.3 Å². The summed E-state index contributed by atoms with van der Waals surface area (Å²) in [6, 6.07) is -1.61. The number of alkyl halides is 3. The third-order valence-corrected chi connectivity index (χ3v) is 1.39. The molecule has 0 aliphatic carbocycles. The molecular formula is C5H7ClF3NO. The van der Waals surface area contributed by atoms with Gasteiger partial charge in [0.25, 0.3) is 0 Å². The fourth-order valence-corrected chi connectivity index (χ4v) is 0.860. The van der Waals surface area contributed by atoms with Crippen molar-refractivity contribution < 1.29 is 18.0 Å². The fourth-order valence-electron chi connectivity index (χ4n) is 0.860. The van der Waals surface area contributed by atoms with Crippen molar-refractivity contribution in [2.24, 2.45) is 0 Å². The van der Waals surface area contributed by atoms with Crippen LogP contribution in [0.25, 0.3) is 0 Å². The molecule has 1 amide bonds. The lowest BCUT2D eigenvalue weighted by molar-refractivity contribution is -0.154. The van der Waals surface area contributed by atoms with Gasteiger partial charge in [0, 0.05) is 6.42 Å². The summed E-state index contributed by atoms with van der Waals surface area (Å²) in [5.41, 5.74) is 0. The van der Waals surface area contributed by atoms with E-state index in [0.29, 0.717) is 0 Å². The average Bonchev–Trinajstić information content (AvgIpc) is 2.11. The van der Waals surface area contributed by atoms with E-state index in [0.717, 1.165) is 0 Å². The molecule has 2 nitrogen and oxygen atoms in total. The first-order valence-electron chi connectivity index (χ1n) is 2.86. The predicted octanol–water partition coefficient (Wildman–Crippen LogP) is 1.25. The number of nitrogens with one attached hydrogen (secondary N) is 1. The van der Waals surface area contributed by atoms with Gasteiger partial charge in [0.2, 0.25) is 5.91 Å². The lowest BCUT2D eigenvalue weighted by atomic mass is 10.2. The van der Waals surface area contributed by atoms with Crippen LogP contribution >= 0.6 is 12.4 Å². The van der Waals surface area contributed by atoms with E-state index >= 15 is 0 Å². The number of rotatable bonds is 0. The molecule has 0 radical (unpaired) electrons. The van der Waals surface area contributed by atoms with Crippen molar-refractivity contribution in [3.63, 3.8) is 0 Å². The highest BCUT2D eigenvalue weighted by Gasteiger charge is 2.43. The number of carbonyl (C=O) groups excluding carboxylic acids is 1. The van der Waals surface area contributed by atoms with Gasteiger partial charge in [-0.3, -0.25) is 4.79 Å². The SMILES string of the molecule is Cl.O=C1CCC(C(F)(F)F)N1. The first kappa shape index (κ1) is 10.6. The number of carbonyl (C=O) groups is 1. The van der Waals surface area contributed by atoms with E-state index in [1.165, 1.54) is 0 Å². The zero-order valence-electron chi connectivity index (χ0n) is 5.44. The molecule has 0 aromatic rings. The van der Waals surface area contributed by atoms with Crippen LogP contribution < -0.4 is 5.32 Å². The smallest absolute Gasteiger partial charge is 0.344 e. The van der Waals surface area contributed by atoms with Gasteiger partial charge < -0.3 is 5.32 Å². The summed E-state index contributed by atoms with van der Waals surface area (Å²) in [6.45, 7) is 0. The second-order valence-corrected chi connectivity index (χ2v) is 2.20. The highest BCUT2D eigenvalue weighted by atomic mass is 35.5. The Kier molecular flexibility index (Phi) is 3.16. The standard InChI is InChI=1S/C5H6F3NO.ClH/c6-5(7,8)3-1-2-4(10)9-3;/h3H,1-2H2,(H,9,10);1H. The minimum atomic E-state index is -4.27. The van der Waals surface area contributed by atoms with Crippen molar-refractivity contribution in [3.05, 3.63) is 0 Å². The second kappa shape index (κ2) is 3.30. The number of hydrogen-bond donors (Lipinski definition) is 1. The van der Waals surface area contributed by atoms with Gasteiger partial charge in [0.15, 0.2) is 0 Å². The van der Waals surface area contributed by atoms with Gasteiger partial charge in [-0.15, -0.1) is 12.4 Å². The maximum absolute atomic E-state index is 11.7. The highest BCUT2D eigenvalue weighted by molar-refractivity contribution is 5.85. The van der Waals surface area contributed by atoms with Crippen molar-refractivity contribution in [2.45, 2.75) is 25.1 Å². The highest BCUT2D eigenvalue weighted by Crippen LogP contribution is 2.26. The first-order valence-corrected chi connectivity index (χ1v) is 2.86. The van der Waals surface area contributed by atoms with E-state index in [2.05, 4.69) is 0 Å². The van der Waals surface area contributed by atoms with Crippen LogP contribution in [0.5, 0.6) is 0 Å². The summed E-state index contributed by atoms with van der Waals surface area (Å²) in [6.07, 6.45) is -4.40. The molecular weight excluding hydrogens is 183 g/mol. The van der Waals surface area contributed by atoms with Gasteiger partial charge in [0.1, 0.15) is 6.04 Å². The van der Waals surface area contributed by atoms with E-state index in [4.69, 9.17) is 0 Å². The van der Waals surface area contributed by atoms with Gasteiger partial charge in [-0.2, -0.15) is 13.2 Å². The molecule has 0 aromatic heterocycles. The maximum atomic E-state index is 11.7. The average molecular weight is 190 g/mol. The molecule has 1 rings (SSSR count). The summed E-state index contributed by atoms with van der Waals surface area (Å²) in [5, 5.41) is 1.83. The van der Waals surface area contributed by atoms with E-state index < -0.39 is 18.1 Å². The van der Waals surface area contributed by atoms with Crippen molar-refractivity contribution in [1.29, 1.82) is 0 Å². The Hall–Kier alpha value is -0.450. The largest absolute Gasteiger partial charge is 0.408 e. The summed E-state index contributed by atoms with van der Waals surface area (Å²) < 4.78 is 35.2. The third kappa shape index (κ3) is 2.57. The number of hydrogen-bond acceptors (Lipinski definition) is 1. The second-order valence-electron chi connectivity index (χ2n) is 2.20. The molecule has 1 N–H and O–H groups in total. The van der Waals surface area contributed by atoms with Crippen LogP contribution in [-0.2, 0) is 4.79 Å². The first-order chi connectivity index (χ1) is 4.50. The minimum Gasteiger partial charge on any atom is -0.344 e. The van der Waals surface area contributed by atoms with Crippen LogP contribution in [0.1, 0.15) is 12.8 Å². The van der Waals surface area contributed by atoms with Crippen LogP contribution in [0.3, 0.4) is 0 Å². The summed E-state index contributed by atoms with van der Waals surface area (Å²) in [7, 11) is 0. The molecule has 66 valence electrons. The number of halogens is 4. The molecule has 1 fully saturated rings. The third-order valence-electron chi connectivity index (χ3n) is 1.39. The number of amides is 1. The molecule has 0 bridgehead atoms. The Morgan fingerprint density at radius 1 is 1.45 bits per heavy atom. The van der Waals surface area contributed by atoms with Crippen LogP contribution in [0.2, 0.25) is 0 Å². The van der Waals surface area contributed by atoms with Gasteiger partial charge in [-0.1, -0.05) is 0 Å². The zero-order valence-corrected chi connectivity index (χ0v) is 6.26. The lowest BCUT2D eigenvalue weighted by Crippen LogP contribution is -2.38. The molecule has 0 spiro atoms. The minimum absolute atomic E-state index is 0. The molecule has 1 unspecified atom stereocenters. The molecule has 1 heterocycles. The van der Waals surface area contributed by atoms with E-state index in [-0.39, 0.29) is 25.2 Å². The van der Waals surface area contributed by atoms with Crippen molar-refractivity contribution in [2.75, 3.05) is 0 Å². The van der Waals surface area contributed by atoms with E-state index in [9.17, 15) is 18.0 Å². The summed E-state index contributed by atoms with van der Waals surface area (Å²) >= 11 is 0. The van der Waals surface area contributed by atoms with Crippen molar-refractivity contribution in [1.82, 2.24) is 5.32 Å². The van der Waals surface area contributed by atoms with E-state index in [1.54, 1.807) is 0 Å². The molecule has 1 saturated heterocycles. The Morgan fingerprint density at radius 2 is 2.00 bits per heavy atom. The Morgan fingerprint density at radius 3 is 2.18 bits per heavy atom. The van der Waals surface area contributed by atoms with E-state index in [1.807, 2.05) is 5.32 Å². The summed E-state index contributed by atoms with van der Waals surface area (Å²) in [5.74, 6) is -0.512. The van der Waals surface area contributed by atoms with Gasteiger partial charge in [-0.05, 0) is 6.42 Å². The van der Waals surface area contributed by atoms with Gasteiger partial charge >= 0.3 is 6.18 Å².